The molecule has 0 spiro atoms. The van der Waals surface area contributed by atoms with Gasteiger partial charge in [0, 0.05) is 7.11 Å². The van der Waals surface area contributed by atoms with E-state index in [4.69, 9.17) is 4.74 Å². The van der Waals surface area contributed by atoms with Crippen LogP contribution in [0.15, 0.2) is 30.3 Å². The van der Waals surface area contributed by atoms with Gasteiger partial charge in [0.15, 0.2) is 0 Å². The Morgan fingerprint density at radius 1 is 1.25 bits per heavy atom. The third-order valence-electron chi connectivity index (χ3n) is 4.15. The largest absolute Gasteiger partial charge is 0.379 e. The van der Waals surface area contributed by atoms with Crippen LogP contribution in [0.25, 0.3) is 0 Å². The molecule has 1 fully saturated rings. The van der Waals surface area contributed by atoms with Crippen LogP contribution in [-0.4, -0.2) is 12.7 Å². The van der Waals surface area contributed by atoms with E-state index in [0.29, 0.717) is 11.8 Å². The van der Waals surface area contributed by atoms with Crippen molar-refractivity contribution in [3.8, 4) is 0 Å². The molecule has 0 aliphatic heterocycles. The summed E-state index contributed by atoms with van der Waals surface area (Å²) in [5.74, 6) is 1.42. The van der Waals surface area contributed by atoms with Crippen molar-refractivity contribution in [3.63, 3.8) is 0 Å². The minimum absolute atomic E-state index is 0.102. The van der Waals surface area contributed by atoms with Gasteiger partial charge in [-0.3, -0.25) is 0 Å². The number of rotatable bonds is 2. The first-order valence-electron chi connectivity index (χ1n) is 6.25. The summed E-state index contributed by atoms with van der Waals surface area (Å²) in [7, 11) is 1.84. The van der Waals surface area contributed by atoms with Gasteiger partial charge in [0.05, 0.1) is 5.60 Å². The van der Waals surface area contributed by atoms with Crippen molar-refractivity contribution in [2.45, 2.75) is 44.6 Å². The minimum Gasteiger partial charge on any atom is -0.379 e. The van der Waals surface area contributed by atoms with Gasteiger partial charge >= 0.3 is 0 Å². The zero-order valence-electron chi connectivity index (χ0n) is 10.6. The fourth-order valence-corrected chi connectivity index (χ4v) is 3.05. The molecule has 2 rings (SSSR count). The molecule has 1 nitrogen and oxygen atoms in total. The zero-order chi connectivity index (χ0) is 11.6. The first-order chi connectivity index (χ1) is 7.64. The van der Waals surface area contributed by atoms with Gasteiger partial charge < -0.3 is 4.74 Å². The lowest BCUT2D eigenvalue weighted by molar-refractivity contribution is -0.0425. The Morgan fingerprint density at radius 2 is 1.94 bits per heavy atom. The lowest BCUT2D eigenvalue weighted by Crippen LogP contribution is -2.36. The quantitative estimate of drug-likeness (QED) is 0.729. The number of ether oxygens (including phenoxy) is 1. The molecule has 88 valence electrons. The van der Waals surface area contributed by atoms with E-state index >= 15 is 0 Å². The lowest BCUT2D eigenvalue weighted by Gasteiger charge is -2.40. The summed E-state index contributed by atoms with van der Waals surface area (Å²) in [6.45, 7) is 4.60. The topological polar surface area (TPSA) is 9.23 Å². The van der Waals surface area contributed by atoms with Crippen LogP contribution in [0.3, 0.4) is 0 Å². The average Bonchev–Trinajstić information content (AvgIpc) is 2.30. The van der Waals surface area contributed by atoms with Crippen molar-refractivity contribution in [1.29, 1.82) is 0 Å². The fourth-order valence-electron chi connectivity index (χ4n) is 3.05. The summed E-state index contributed by atoms with van der Waals surface area (Å²) in [5.41, 5.74) is 1.60. The van der Waals surface area contributed by atoms with E-state index < -0.39 is 0 Å². The van der Waals surface area contributed by atoms with Gasteiger partial charge in [-0.25, -0.2) is 0 Å². The Morgan fingerprint density at radius 3 is 2.50 bits per heavy atom. The summed E-state index contributed by atoms with van der Waals surface area (Å²) in [4.78, 5) is 0. The van der Waals surface area contributed by atoms with Crippen LogP contribution in [0.2, 0.25) is 0 Å². The van der Waals surface area contributed by atoms with E-state index in [1.165, 1.54) is 24.8 Å². The molecule has 1 aliphatic carbocycles. The minimum atomic E-state index is 0.102. The molecular weight excluding hydrogens is 196 g/mol. The van der Waals surface area contributed by atoms with Gasteiger partial charge in [-0.1, -0.05) is 37.3 Å². The third-order valence-corrected chi connectivity index (χ3v) is 4.15. The molecule has 3 unspecified atom stereocenters. The van der Waals surface area contributed by atoms with Gasteiger partial charge in [-0.05, 0) is 43.6 Å². The predicted molar refractivity (Wildman–Crippen MR) is 67.6 cm³/mol. The van der Waals surface area contributed by atoms with E-state index in [9.17, 15) is 0 Å². The van der Waals surface area contributed by atoms with E-state index in [1.807, 2.05) is 7.11 Å². The monoisotopic (exact) mass is 218 g/mol. The van der Waals surface area contributed by atoms with E-state index in [-0.39, 0.29) is 5.60 Å². The molecule has 0 amide bonds. The van der Waals surface area contributed by atoms with Crippen molar-refractivity contribution < 1.29 is 4.74 Å². The highest BCUT2D eigenvalue weighted by atomic mass is 16.5. The second-order valence-electron chi connectivity index (χ2n) is 5.39. The van der Waals surface area contributed by atoms with Gasteiger partial charge in [-0.2, -0.15) is 0 Å². The Bertz CT molecular complexity index is 333. The maximum Gasteiger partial charge on any atom is 0.0653 e. The first kappa shape index (κ1) is 11.7. The standard InChI is InChI=1S/C15H22O/c1-12-11-15(2,16-3)10-9-14(12)13-7-5-4-6-8-13/h4-8,12,14H,9-11H2,1-3H3. The summed E-state index contributed by atoms with van der Waals surface area (Å²) in [6.07, 6.45) is 3.59. The summed E-state index contributed by atoms with van der Waals surface area (Å²) < 4.78 is 5.63. The molecule has 3 atom stereocenters. The zero-order valence-corrected chi connectivity index (χ0v) is 10.6. The van der Waals surface area contributed by atoms with Crippen molar-refractivity contribution in [2.75, 3.05) is 7.11 Å². The van der Waals surface area contributed by atoms with E-state index in [0.717, 1.165) is 0 Å². The van der Waals surface area contributed by atoms with Crippen LogP contribution in [-0.2, 0) is 4.74 Å². The molecule has 0 N–H and O–H groups in total. The Balaban J connectivity index is 2.11. The lowest BCUT2D eigenvalue weighted by atomic mass is 9.70. The highest BCUT2D eigenvalue weighted by Gasteiger charge is 2.36. The van der Waals surface area contributed by atoms with Gasteiger partial charge in [0.25, 0.3) is 0 Å². The average molecular weight is 218 g/mol. The SMILES string of the molecule is COC1(C)CCC(c2ccccc2)C(C)C1. The number of methoxy groups -OCH3 is 1. The third kappa shape index (κ3) is 2.30. The van der Waals surface area contributed by atoms with E-state index in [2.05, 4.69) is 44.2 Å². The second-order valence-corrected chi connectivity index (χ2v) is 5.39. The Hall–Kier alpha value is -0.820. The van der Waals surface area contributed by atoms with Gasteiger partial charge in [0.2, 0.25) is 0 Å². The first-order valence-corrected chi connectivity index (χ1v) is 6.25. The molecule has 0 saturated heterocycles. The molecule has 0 aromatic heterocycles. The Kier molecular flexibility index (Phi) is 3.34. The molecule has 1 aromatic rings. The molecular formula is C15H22O. The molecule has 1 saturated carbocycles. The van der Waals surface area contributed by atoms with Crippen LogP contribution < -0.4 is 0 Å². The number of hydrogen-bond donors (Lipinski definition) is 0. The van der Waals surface area contributed by atoms with E-state index in [1.54, 1.807) is 0 Å². The molecule has 1 aliphatic rings. The molecule has 0 radical (unpaired) electrons. The number of benzene rings is 1. The van der Waals surface area contributed by atoms with Crippen molar-refractivity contribution >= 4 is 0 Å². The summed E-state index contributed by atoms with van der Waals surface area (Å²) in [5, 5.41) is 0. The smallest absolute Gasteiger partial charge is 0.0653 e. The van der Waals surface area contributed by atoms with Crippen LogP contribution in [0, 0.1) is 5.92 Å². The highest BCUT2D eigenvalue weighted by Crippen LogP contribution is 2.43. The summed E-state index contributed by atoms with van der Waals surface area (Å²) in [6, 6.07) is 10.9. The summed E-state index contributed by atoms with van der Waals surface area (Å²) >= 11 is 0. The van der Waals surface area contributed by atoms with Gasteiger partial charge in [0.1, 0.15) is 0 Å². The molecule has 1 aromatic carbocycles. The normalized spacial score (nSPS) is 34.9. The molecule has 0 heterocycles. The molecule has 0 bridgehead atoms. The van der Waals surface area contributed by atoms with Crippen molar-refractivity contribution in [3.05, 3.63) is 35.9 Å². The van der Waals surface area contributed by atoms with Crippen LogP contribution in [0.4, 0.5) is 0 Å². The second kappa shape index (κ2) is 4.58. The van der Waals surface area contributed by atoms with Crippen molar-refractivity contribution in [2.24, 2.45) is 5.92 Å². The highest BCUT2D eigenvalue weighted by molar-refractivity contribution is 5.21. The Labute approximate surface area is 98.8 Å². The number of hydrogen-bond acceptors (Lipinski definition) is 1. The fraction of sp³-hybridized carbons (Fsp3) is 0.600. The van der Waals surface area contributed by atoms with Crippen LogP contribution in [0.1, 0.15) is 44.6 Å². The molecule has 1 heteroatoms. The molecule has 16 heavy (non-hydrogen) atoms. The van der Waals surface area contributed by atoms with Crippen LogP contribution >= 0.6 is 0 Å². The maximum absolute atomic E-state index is 5.63. The van der Waals surface area contributed by atoms with Gasteiger partial charge in [-0.15, -0.1) is 0 Å². The van der Waals surface area contributed by atoms with Crippen molar-refractivity contribution in [1.82, 2.24) is 0 Å². The maximum atomic E-state index is 5.63. The predicted octanol–water partition coefficient (Wildman–Crippen LogP) is 4.00. The van der Waals surface area contributed by atoms with Crippen LogP contribution in [0.5, 0.6) is 0 Å².